The summed E-state index contributed by atoms with van der Waals surface area (Å²) in [5.41, 5.74) is 1.91. The molecular formula is C20H17BrN6O3. The Morgan fingerprint density at radius 3 is 2.67 bits per heavy atom. The molecule has 0 aliphatic heterocycles. The number of ether oxygens (including phenoxy) is 2. The number of aromatic nitrogens is 5. The van der Waals surface area contributed by atoms with Crippen molar-refractivity contribution >= 4 is 27.8 Å². The van der Waals surface area contributed by atoms with E-state index < -0.39 is 0 Å². The van der Waals surface area contributed by atoms with Gasteiger partial charge < -0.3 is 9.47 Å². The third-order valence-corrected chi connectivity index (χ3v) is 4.84. The van der Waals surface area contributed by atoms with Crippen LogP contribution in [0.3, 0.4) is 0 Å². The lowest BCUT2D eigenvalue weighted by Gasteiger charge is -2.07. The Bertz CT molecular complexity index is 1190. The molecule has 0 unspecified atom stereocenters. The molecule has 152 valence electrons. The smallest absolute Gasteiger partial charge is 0.261 e. The monoisotopic (exact) mass is 468 g/mol. The van der Waals surface area contributed by atoms with Gasteiger partial charge in [-0.2, -0.15) is 10.1 Å². The Morgan fingerprint density at radius 2 is 1.93 bits per heavy atom. The fourth-order valence-electron chi connectivity index (χ4n) is 2.78. The van der Waals surface area contributed by atoms with Crippen molar-refractivity contribution in [3.63, 3.8) is 0 Å². The van der Waals surface area contributed by atoms with Crippen molar-refractivity contribution in [3.05, 3.63) is 64.9 Å². The number of aromatic amines is 1. The number of anilines is 1. The Labute approximate surface area is 180 Å². The molecule has 4 rings (SSSR count). The van der Waals surface area contributed by atoms with Crippen molar-refractivity contribution in [2.24, 2.45) is 0 Å². The minimum atomic E-state index is -0.370. The molecule has 0 saturated carbocycles. The molecule has 0 aliphatic rings. The summed E-state index contributed by atoms with van der Waals surface area (Å²) < 4.78 is 13.2. The van der Waals surface area contributed by atoms with E-state index in [9.17, 15) is 4.79 Å². The standard InChI is InChI=1S/C20H17BrN6O3/c1-29-15-7-8-16(17(9-15)30-2)18-23-20(26-25-18)24-19(28)12-10-22-27(11-12)14-5-3-13(21)4-6-14/h3-11H,1-2H3,(H2,23,24,25,26,28). The van der Waals surface area contributed by atoms with Gasteiger partial charge in [-0.1, -0.05) is 15.9 Å². The molecule has 0 radical (unpaired) electrons. The Kier molecular flexibility index (Phi) is 5.48. The van der Waals surface area contributed by atoms with Crippen molar-refractivity contribution in [3.8, 4) is 28.6 Å². The van der Waals surface area contributed by atoms with Crippen LogP contribution in [0.2, 0.25) is 0 Å². The third kappa shape index (κ3) is 4.03. The number of carbonyl (C=O) groups excluding carboxylic acids is 1. The van der Waals surface area contributed by atoms with Crippen molar-refractivity contribution in [1.29, 1.82) is 0 Å². The van der Waals surface area contributed by atoms with E-state index in [-0.39, 0.29) is 11.9 Å². The molecule has 0 aliphatic carbocycles. The average Bonchev–Trinajstić information content (AvgIpc) is 3.44. The Balaban J connectivity index is 1.50. The zero-order chi connectivity index (χ0) is 21.1. The van der Waals surface area contributed by atoms with E-state index in [0.29, 0.717) is 28.5 Å². The first kappa shape index (κ1) is 19.6. The molecule has 2 aromatic carbocycles. The van der Waals surface area contributed by atoms with E-state index in [1.54, 1.807) is 43.3 Å². The highest BCUT2D eigenvalue weighted by atomic mass is 79.9. The van der Waals surface area contributed by atoms with Gasteiger partial charge in [0.25, 0.3) is 5.91 Å². The zero-order valence-electron chi connectivity index (χ0n) is 16.1. The number of hydrogen-bond acceptors (Lipinski definition) is 6. The number of amides is 1. The maximum atomic E-state index is 12.6. The summed E-state index contributed by atoms with van der Waals surface area (Å²) >= 11 is 3.39. The minimum Gasteiger partial charge on any atom is -0.497 e. The van der Waals surface area contributed by atoms with Gasteiger partial charge in [-0.25, -0.2) is 4.68 Å². The molecule has 4 aromatic rings. The SMILES string of the molecule is COc1ccc(-c2nc(NC(=O)c3cnn(-c4ccc(Br)cc4)c3)n[nH]2)c(OC)c1. The number of benzene rings is 2. The van der Waals surface area contributed by atoms with Crippen molar-refractivity contribution in [1.82, 2.24) is 25.0 Å². The third-order valence-electron chi connectivity index (χ3n) is 4.31. The van der Waals surface area contributed by atoms with Gasteiger partial charge in [0.1, 0.15) is 11.5 Å². The first-order valence-corrected chi connectivity index (χ1v) is 9.63. The molecule has 2 N–H and O–H groups in total. The van der Waals surface area contributed by atoms with Crippen LogP contribution in [0.5, 0.6) is 11.5 Å². The molecule has 9 nitrogen and oxygen atoms in total. The molecule has 0 atom stereocenters. The minimum absolute atomic E-state index is 0.143. The van der Waals surface area contributed by atoms with Gasteiger partial charge in [-0.3, -0.25) is 15.2 Å². The lowest BCUT2D eigenvalue weighted by molar-refractivity contribution is 0.102. The van der Waals surface area contributed by atoms with E-state index in [1.807, 2.05) is 24.3 Å². The molecule has 30 heavy (non-hydrogen) atoms. The van der Waals surface area contributed by atoms with Crippen LogP contribution in [0.15, 0.2) is 59.3 Å². The average molecular weight is 469 g/mol. The predicted molar refractivity (Wildman–Crippen MR) is 114 cm³/mol. The number of rotatable bonds is 6. The lowest BCUT2D eigenvalue weighted by Crippen LogP contribution is -2.12. The lowest BCUT2D eigenvalue weighted by atomic mass is 10.2. The predicted octanol–water partition coefficient (Wildman–Crippen LogP) is 3.69. The van der Waals surface area contributed by atoms with Gasteiger partial charge in [0.2, 0.25) is 5.95 Å². The van der Waals surface area contributed by atoms with Crippen molar-refractivity contribution < 1.29 is 14.3 Å². The first-order chi connectivity index (χ1) is 14.6. The van der Waals surface area contributed by atoms with Crippen molar-refractivity contribution in [2.75, 3.05) is 19.5 Å². The first-order valence-electron chi connectivity index (χ1n) is 8.84. The number of carbonyl (C=O) groups is 1. The summed E-state index contributed by atoms with van der Waals surface area (Å²) in [4.78, 5) is 16.9. The van der Waals surface area contributed by atoms with Gasteiger partial charge in [-0.05, 0) is 36.4 Å². The van der Waals surface area contributed by atoms with Gasteiger partial charge >= 0.3 is 0 Å². The summed E-state index contributed by atoms with van der Waals surface area (Å²) in [6, 6.07) is 12.9. The molecular weight excluding hydrogens is 452 g/mol. The van der Waals surface area contributed by atoms with Crippen LogP contribution < -0.4 is 14.8 Å². The number of nitrogens with one attached hydrogen (secondary N) is 2. The van der Waals surface area contributed by atoms with Gasteiger partial charge in [-0.15, -0.1) is 5.10 Å². The summed E-state index contributed by atoms with van der Waals surface area (Å²) in [6.07, 6.45) is 3.12. The van der Waals surface area contributed by atoms with Gasteiger partial charge in [0, 0.05) is 16.7 Å². The fraction of sp³-hybridized carbons (Fsp3) is 0.100. The number of halogens is 1. The fourth-order valence-corrected chi connectivity index (χ4v) is 3.05. The summed E-state index contributed by atoms with van der Waals surface area (Å²) in [7, 11) is 3.13. The number of H-pyrrole nitrogens is 1. The molecule has 2 aromatic heterocycles. The summed E-state index contributed by atoms with van der Waals surface area (Å²) in [6.45, 7) is 0. The maximum absolute atomic E-state index is 12.6. The molecule has 0 fully saturated rings. The van der Waals surface area contributed by atoms with E-state index in [0.717, 1.165) is 10.2 Å². The van der Waals surface area contributed by atoms with E-state index >= 15 is 0 Å². The quantitative estimate of drug-likeness (QED) is 0.446. The highest BCUT2D eigenvalue weighted by molar-refractivity contribution is 9.10. The molecule has 0 spiro atoms. The van der Waals surface area contributed by atoms with Crippen molar-refractivity contribution in [2.45, 2.75) is 0 Å². The maximum Gasteiger partial charge on any atom is 0.261 e. The largest absolute Gasteiger partial charge is 0.497 e. The van der Waals surface area contributed by atoms with E-state index in [1.165, 1.54) is 6.20 Å². The highest BCUT2D eigenvalue weighted by Crippen LogP contribution is 2.31. The van der Waals surface area contributed by atoms with E-state index in [4.69, 9.17) is 9.47 Å². The highest BCUT2D eigenvalue weighted by Gasteiger charge is 2.15. The van der Waals surface area contributed by atoms with Crippen LogP contribution >= 0.6 is 15.9 Å². The normalized spacial score (nSPS) is 10.6. The molecule has 2 heterocycles. The van der Waals surface area contributed by atoms with Crippen LogP contribution in [0.4, 0.5) is 5.95 Å². The van der Waals surface area contributed by atoms with Gasteiger partial charge in [0.05, 0.1) is 37.2 Å². The molecule has 1 amide bonds. The topological polar surface area (TPSA) is 107 Å². The Hall–Kier alpha value is -3.66. The van der Waals surface area contributed by atoms with Crippen LogP contribution in [-0.4, -0.2) is 45.1 Å². The van der Waals surface area contributed by atoms with Crippen LogP contribution in [-0.2, 0) is 0 Å². The van der Waals surface area contributed by atoms with E-state index in [2.05, 4.69) is 41.5 Å². The van der Waals surface area contributed by atoms with Crippen LogP contribution in [0, 0.1) is 0 Å². The summed E-state index contributed by atoms with van der Waals surface area (Å²) in [5, 5.41) is 13.8. The molecule has 10 heteroatoms. The molecule has 0 bridgehead atoms. The number of nitrogens with zero attached hydrogens (tertiary/aromatic N) is 4. The second-order valence-electron chi connectivity index (χ2n) is 6.18. The van der Waals surface area contributed by atoms with Crippen LogP contribution in [0.25, 0.3) is 17.1 Å². The zero-order valence-corrected chi connectivity index (χ0v) is 17.7. The number of hydrogen-bond donors (Lipinski definition) is 2. The van der Waals surface area contributed by atoms with Gasteiger partial charge in [0.15, 0.2) is 5.82 Å². The number of methoxy groups -OCH3 is 2. The second-order valence-corrected chi connectivity index (χ2v) is 7.09. The summed E-state index contributed by atoms with van der Waals surface area (Å²) in [5.74, 6) is 1.45. The second kappa shape index (κ2) is 8.37. The molecule has 0 saturated heterocycles. The Morgan fingerprint density at radius 1 is 1.13 bits per heavy atom. The van der Waals surface area contributed by atoms with Crippen LogP contribution in [0.1, 0.15) is 10.4 Å².